The van der Waals surface area contributed by atoms with Gasteiger partial charge in [-0.3, -0.25) is 4.52 Å². The van der Waals surface area contributed by atoms with Crippen molar-refractivity contribution in [2.24, 2.45) is 5.92 Å². The topological polar surface area (TPSA) is 143 Å². The summed E-state index contributed by atoms with van der Waals surface area (Å²) in [7, 11) is -4.07. The Morgan fingerprint density at radius 1 is 1.11 bits per heavy atom. The van der Waals surface area contributed by atoms with E-state index in [4.69, 9.17) is 31.1 Å². The lowest BCUT2D eigenvalue weighted by molar-refractivity contribution is -0.135. The van der Waals surface area contributed by atoms with E-state index in [1.165, 1.54) is 0 Å². The van der Waals surface area contributed by atoms with Gasteiger partial charge in [-0.2, -0.15) is 15.1 Å². The molecule has 6 rings (SSSR count). The van der Waals surface area contributed by atoms with Crippen LogP contribution in [0.1, 0.15) is 19.4 Å². The number of fused-ring (bicyclic) bond motifs is 2. The highest BCUT2D eigenvalue weighted by Crippen LogP contribution is 2.46. The lowest BCUT2D eigenvalue weighted by Crippen LogP contribution is -2.36. The summed E-state index contributed by atoms with van der Waals surface area (Å²) in [4.78, 5) is 25.6. The van der Waals surface area contributed by atoms with E-state index in [0.29, 0.717) is 29.1 Å². The van der Waals surface area contributed by atoms with Crippen molar-refractivity contribution in [2.45, 2.75) is 25.4 Å². The summed E-state index contributed by atoms with van der Waals surface area (Å²) in [6.45, 7) is 1.59. The summed E-state index contributed by atoms with van der Waals surface area (Å²) in [5.74, 6) is -0.0456. The van der Waals surface area contributed by atoms with E-state index in [-0.39, 0.29) is 29.7 Å². The van der Waals surface area contributed by atoms with Crippen molar-refractivity contribution in [2.75, 3.05) is 12.3 Å². The zero-order chi connectivity index (χ0) is 30.8. The number of imidazole rings is 1. The van der Waals surface area contributed by atoms with E-state index in [2.05, 4.69) is 36.0 Å². The van der Waals surface area contributed by atoms with Crippen molar-refractivity contribution in [1.82, 2.24) is 24.6 Å². The van der Waals surface area contributed by atoms with Crippen LogP contribution in [0.5, 0.6) is 11.5 Å². The molecule has 4 atom stereocenters. The number of halogens is 2. The van der Waals surface area contributed by atoms with Crippen LogP contribution in [0.15, 0.2) is 89.7 Å². The number of nitrogens with zero attached hydrogens (tertiary/aromatic N) is 4. The maximum atomic E-state index is 14.1. The second-order valence-corrected chi connectivity index (χ2v) is 13.2. The van der Waals surface area contributed by atoms with E-state index < -0.39 is 19.8 Å². The lowest BCUT2D eigenvalue weighted by atomic mass is 10.1. The Hall–Kier alpha value is -3.80. The zero-order valence-corrected chi connectivity index (χ0v) is 26.6. The van der Waals surface area contributed by atoms with Crippen molar-refractivity contribution in [3.63, 3.8) is 0 Å². The molecule has 0 saturated carbocycles. The molecule has 0 amide bonds. The number of aromatic nitrogens is 4. The molecule has 0 spiro atoms. The summed E-state index contributed by atoms with van der Waals surface area (Å²) in [5, 5.41) is 4.88. The van der Waals surface area contributed by atoms with Gasteiger partial charge >= 0.3 is 13.7 Å². The first-order valence-electron chi connectivity index (χ1n) is 13.7. The first-order chi connectivity index (χ1) is 21.2. The van der Waals surface area contributed by atoms with Gasteiger partial charge in [0, 0.05) is 10.4 Å². The third-order valence-electron chi connectivity index (χ3n) is 7.05. The van der Waals surface area contributed by atoms with E-state index in [1.807, 2.05) is 47.1 Å². The number of benzene rings is 3. The maximum absolute atomic E-state index is 14.1. The molecule has 0 bridgehead atoms. The minimum atomic E-state index is -4.07. The Kier molecular flexibility index (Phi) is 8.70. The van der Waals surface area contributed by atoms with Crippen LogP contribution in [0.25, 0.3) is 21.9 Å². The molecule has 1 aliphatic rings. The van der Waals surface area contributed by atoms with Crippen molar-refractivity contribution < 1.29 is 23.1 Å². The number of rotatable bonds is 10. The summed E-state index contributed by atoms with van der Waals surface area (Å²) in [6.07, 6.45) is 6.18. The Morgan fingerprint density at radius 3 is 2.66 bits per heavy atom. The molecule has 5 aromatic rings. The zero-order valence-electron chi connectivity index (χ0n) is 23.3. The van der Waals surface area contributed by atoms with E-state index in [9.17, 15) is 9.36 Å². The summed E-state index contributed by atoms with van der Waals surface area (Å²) >= 11 is 9.57. The Morgan fingerprint density at radius 2 is 1.86 bits per heavy atom. The normalized spacial score (nSPS) is 18.3. The van der Waals surface area contributed by atoms with Crippen LogP contribution < -0.4 is 20.1 Å². The molecule has 2 aromatic heterocycles. The van der Waals surface area contributed by atoms with Crippen LogP contribution in [0.2, 0.25) is 5.15 Å². The van der Waals surface area contributed by atoms with Gasteiger partial charge in [0.05, 0.1) is 19.0 Å². The molecule has 0 aliphatic heterocycles. The lowest BCUT2D eigenvalue weighted by Gasteiger charge is -2.24. The molecule has 44 heavy (non-hydrogen) atoms. The minimum Gasteiger partial charge on any atom is -0.425 e. The number of nitrogens with two attached hydrogens (primary N) is 1. The molecule has 1 unspecified atom stereocenters. The summed E-state index contributed by atoms with van der Waals surface area (Å²) < 4.78 is 34.1. The molecule has 1 aliphatic carbocycles. The second kappa shape index (κ2) is 12.7. The van der Waals surface area contributed by atoms with Gasteiger partial charge in [-0.25, -0.2) is 14.3 Å². The van der Waals surface area contributed by atoms with E-state index >= 15 is 0 Å². The standard InChI is InChI=1S/C30H27BrClN6O5P/c1-18(29(39)42-25-11-7-20-4-2-3-5-21(20)15-25)37-44(40,43-24-12-8-22(31)9-13-24)41-16-19-6-10-23(14-19)38-17-34-26-27(32)35-30(33)36-28(26)38/h2-13,15,17-19,23H,14,16H2,1H3,(H,37,40)(H2,33,35,36)/t18-,19+,23-,44?/m0/s1. The second-order valence-electron chi connectivity index (χ2n) is 10.3. The number of hydrogen-bond donors (Lipinski definition) is 2. The average molecular weight is 698 g/mol. The number of carbonyl (C=O) groups excluding carboxylic acids is 1. The average Bonchev–Trinajstić information content (AvgIpc) is 3.64. The van der Waals surface area contributed by atoms with Gasteiger partial charge in [-0.15, -0.1) is 0 Å². The van der Waals surface area contributed by atoms with Crippen LogP contribution >= 0.6 is 35.3 Å². The molecule has 0 fully saturated rings. The minimum absolute atomic E-state index is 0.0464. The van der Waals surface area contributed by atoms with Crippen LogP contribution in [0.3, 0.4) is 0 Å². The fraction of sp³-hybridized carbons (Fsp3) is 0.200. The van der Waals surface area contributed by atoms with Crippen LogP contribution in [0.4, 0.5) is 5.95 Å². The highest BCUT2D eigenvalue weighted by atomic mass is 79.9. The third kappa shape index (κ3) is 6.80. The quantitative estimate of drug-likeness (QED) is 0.0521. The predicted molar refractivity (Wildman–Crippen MR) is 172 cm³/mol. The number of allylic oxidation sites excluding steroid dienone is 1. The molecule has 11 nitrogen and oxygen atoms in total. The number of esters is 1. The molecular formula is C30H27BrClN6O5P. The number of carbonyl (C=O) groups is 1. The van der Waals surface area contributed by atoms with Gasteiger partial charge in [0.2, 0.25) is 5.95 Å². The van der Waals surface area contributed by atoms with Crippen molar-refractivity contribution in [3.05, 3.63) is 94.8 Å². The van der Waals surface area contributed by atoms with Crippen molar-refractivity contribution in [1.29, 1.82) is 0 Å². The van der Waals surface area contributed by atoms with Gasteiger partial charge in [0.25, 0.3) is 0 Å². The highest BCUT2D eigenvalue weighted by molar-refractivity contribution is 9.10. The molecule has 226 valence electrons. The largest absolute Gasteiger partial charge is 0.459 e. The van der Waals surface area contributed by atoms with Crippen molar-refractivity contribution >= 4 is 69.1 Å². The van der Waals surface area contributed by atoms with E-state index in [1.54, 1.807) is 49.6 Å². The van der Waals surface area contributed by atoms with Crippen molar-refractivity contribution in [3.8, 4) is 11.5 Å². The van der Waals surface area contributed by atoms with Gasteiger partial charge in [0.1, 0.15) is 23.1 Å². The number of nitrogens with one attached hydrogen (secondary N) is 1. The Labute approximate surface area is 266 Å². The fourth-order valence-corrected chi connectivity index (χ4v) is 6.90. The number of anilines is 1. The number of ether oxygens (including phenoxy) is 1. The Balaban J connectivity index is 1.14. The first kappa shape index (κ1) is 30.2. The van der Waals surface area contributed by atoms with Gasteiger partial charge < -0.3 is 19.6 Å². The van der Waals surface area contributed by atoms with Gasteiger partial charge in [-0.05, 0) is 60.5 Å². The molecule has 3 N–H and O–H groups in total. The van der Waals surface area contributed by atoms with Gasteiger partial charge in [-0.1, -0.05) is 70.0 Å². The van der Waals surface area contributed by atoms with Crippen LogP contribution in [-0.4, -0.2) is 38.1 Å². The number of hydrogen-bond acceptors (Lipinski definition) is 9. The number of nitrogen functional groups attached to an aromatic ring is 1. The SMILES string of the molecule is C[C@H](NP(=O)(OC[C@@H]1C=C[C@H](n2cnc3c(Cl)nc(N)nc32)C1)Oc1ccc(Br)cc1)C(=O)Oc1ccc2ccccc2c1. The Bertz CT molecular complexity index is 1920. The third-order valence-corrected chi connectivity index (χ3v) is 9.48. The van der Waals surface area contributed by atoms with Crippen LogP contribution in [0, 0.1) is 5.92 Å². The summed E-state index contributed by atoms with van der Waals surface area (Å²) in [5.41, 5.74) is 6.77. The smallest absolute Gasteiger partial charge is 0.425 e. The molecule has 14 heteroatoms. The first-order valence-corrected chi connectivity index (χ1v) is 16.4. The monoisotopic (exact) mass is 696 g/mol. The molecule has 3 aromatic carbocycles. The molecule has 0 radical (unpaired) electrons. The maximum Gasteiger partial charge on any atom is 0.459 e. The van der Waals surface area contributed by atoms with Gasteiger partial charge in [0.15, 0.2) is 10.8 Å². The highest BCUT2D eigenvalue weighted by Gasteiger charge is 2.34. The van der Waals surface area contributed by atoms with E-state index in [0.717, 1.165) is 15.2 Å². The van der Waals surface area contributed by atoms with Crippen LogP contribution in [-0.2, 0) is 13.9 Å². The molecule has 0 saturated heterocycles. The fourth-order valence-electron chi connectivity index (χ4n) is 4.87. The molecule has 2 heterocycles. The molecular weight excluding hydrogens is 671 g/mol. The predicted octanol–water partition coefficient (Wildman–Crippen LogP) is 6.88. The summed E-state index contributed by atoms with van der Waals surface area (Å²) in [6, 6.07) is 18.7.